The minimum Gasteiger partial charge on any atom is -0.379 e. The van der Waals surface area contributed by atoms with Crippen LogP contribution < -0.4 is 15.4 Å². The Morgan fingerprint density at radius 1 is 1.19 bits per heavy atom. The molecule has 9 heteroatoms. The van der Waals surface area contributed by atoms with Crippen LogP contribution in [0, 0.1) is 18.6 Å². The average Bonchev–Trinajstić information content (AvgIpc) is 3.53. The molecule has 0 atom stereocenters. The maximum atomic E-state index is 14.8. The molecule has 3 aliphatic heterocycles. The molecule has 0 radical (unpaired) electrons. The van der Waals surface area contributed by atoms with E-state index in [1.54, 1.807) is 17.8 Å². The maximum Gasteiger partial charge on any atom is 0.159 e. The van der Waals surface area contributed by atoms with Crippen molar-refractivity contribution in [3.63, 3.8) is 0 Å². The first kappa shape index (κ1) is 21.9. The van der Waals surface area contributed by atoms with Crippen LogP contribution in [-0.2, 0) is 13.1 Å². The minimum absolute atomic E-state index is 0.223. The molecule has 5 rings (SSSR count). The summed E-state index contributed by atoms with van der Waals surface area (Å²) in [5.74, 6) is 1.01. The number of halogens is 2. The van der Waals surface area contributed by atoms with E-state index >= 15 is 0 Å². The topological polar surface area (TPSA) is 52.2 Å². The Balaban J connectivity index is 1.27. The van der Waals surface area contributed by atoms with E-state index in [0.29, 0.717) is 35.6 Å². The van der Waals surface area contributed by atoms with Gasteiger partial charge in [0.2, 0.25) is 0 Å². The summed E-state index contributed by atoms with van der Waals surface area (Å²) in [6.45, 7) is 2.91. The maximum absolute atomic E-state index is 14.8. The highest BCUT2D eigenvalue weighted by molar-refractivity contribution is 8.02. The second kappa shape index (κ2) is 9.49. The molecule has 0 saturated carbocycles. The number of aromatic nitrogens is 1. The summed E-state index contributed by atoms with van der Waals surface area (Å²) in [5, 5.41) is 8.60. The van der Waals surface area contributed by atoms with Gasteiger partial charge in [-0.25, -0.2) is 13.8 Å². The molecule has 170 valence electrons. The normalized spacial score (nSPS) is 22.2. The fourth-order valence-corrected chi connectivity index (χ4v) is 6.25. The minimum atomic E-state index is -0.413. The lowest BCUT2D eigenvalue weighted by atomic mass is 10.0. The van der Waals surface area contributed by atoms with Crippen LogP contribution in [-0.4, -0.2) is 27.8 Å². The Labute approximate surface area is 196 Å². The molecule has 4 heterocycles. The van der Waals surface area contributed by atoms with E-state index in [-0.39, 0.29) is 10.8 Å². The molecule has 2 fully saturated rings. The van der Waals surface area contributed by atoms with Gasteiger partial charge in [-0.2, -0.15) is 0 Å². The fourth-order valence-electron chi connectivity index (χ4n) is 4.87. The van der Waals surface area contributed by atoms with Crippen molar-refractivity contribution < 1.29 is 8.78 Å². The molecule has 0 aliphatic carbocycles. The second-order valence-electron chi connectivity index (χ2n) is 8.50. The van der Waals surface area contributed by atoms with Crippen molar-refractivity contribution in [1.82, 2.24) is 19.9 Å². The molecule has 3 aliphatic rings. The third kappa shape index (κ3) is 4.56. The summed E-state index contributed by atoms with van der Waals surface area (Å²) < 4.78 is 32.5. The third-order valence-corrected chi connectivity index (χ3v) is 8.08. The van der Waals surface area contributed by atoms with Gasteiger partial charge in [-0.1, -0.05) is 12.1 Å². The first-order chi connectivity index (χ1) is 15.6. The van der Waals surface area contributed by atoms with Crippen LogP contribution in [0.1, 0.15) is 42.5 Å². The molecule has 2 saturated heterocycles. The number of rotatable bonds is 8. The van der Waals surface area contributed by atoms with Crippen molar-refractivity contribution in [3.8, 4) is 0 Å². The molecule has 0 amide bonds. The van der Waals surface area contributed by atoms with Crippen molar-refractivity contribution in [3.05, 3.63) is 63.9 Å². The summed E-state index contributed by atoms with van der Waals surface area (Å²) in [7, 11) is 0. The SMILES string of the molecule is Cc1nc(SNC2=CSCN2)c(F)cc1NCc1c(F)cccc1CN1C2CCC1CC2. The Hall–Kier alpha value is -1.97. The highest BCUT2D eigenvalue weighted by atomic mass is 32.2. The molecule has 1 aromatic heterocycles. The van der Waals surface area contributed by atoms with Gasteiger partial charge in [0.05, 0.1) is 17.3 Å². The predicted octanol–water partition coefficient (Wildman–Crippen LogP) is 5.10. The van der Waals surface area contributed by atoms with E-state index in [9.17, 15) is 8.78 Å². The molecule has 0 spiro atoms. The number of thioether (sulfide) groups is 1. The highest BCUT2D eigenvalue weighted by Crippen LogP contribution is 2.39. The second-order valence-corrected chi connectivity index (χ2v) is 10.2. The van der Waals surface area contributed by atoms with Gasteiger partial charge in [0.25, 0.3) is 0 Å². The van der Waals surface area contributed by atoms with E-state index in [2.05, 4.69) is 25.2 Å². The molecule has 2 aromatic rings. The van der Waals surface area contributed by atoms with Crippen molar-refractivity contribution in [2.75, 3.05) is 11.2 Å². The van der Waals surface area contributed by atoms with E-state index in [1.807, 2.05) is 18.4 Å². The molecule has 1 aromatic carbocycles. The molecule has 3 N–H and O–H groups in total. The number of benzene rings is 1. The number of nitrogens with zero attached hydrogens (tertiary/aromatic N) is 2. The first-order valence-corrected chi connectivity index (χ1v) is 12.9. The van der Waals surface area contributed by atoms with E-state index in [4.69, 9.17) is 0 Å². The van der Waals surface area contributed by atoms with Gasteiger partial charge in [0, 0.05) is 54.2 Å². The van der Waals surface area contributed by atoms with Gasteiger partial charge in [-0.15, -0.1) is 11.8 Å². The average molecular weight is 476 g/mol. The third-order valence-electron chi connectivity index (χ3n) is 6.57. The van der Waals surface area contributed by atoms with Crippen LogP contribution in [0.15, 0.2) is 40.5 Å². The molecule has 5 nitrogen and oxygen atoms in total. The van der Waals surface area contributed by atoms with Crippen LogP contribution >= 0.6 is 23.7 Å². The zero-order chi connectivity index (χ0) is 22.1. The fraction of sp³-hybridized carbons (Fsp3) is 0.435. The van der Waals surface area contributed by atoms with E-state index < -0.39 is 5.82 Å². The zero-order valence-corrected chi connectivity index (χ0v) is 19.6. The largest absolute Gasteiger partial charge is 0.379 e. The number of hydrogen-bond donors (Lipinski definition) is 3. The highest BCUT2D eigenvalue weighted by Gasteiger charge is 2.39. The van der Waals surface area contributed by atoms with Gasteiger partial charge in [-0.05, 0) is 44.2 Å². The molecule has 32 heavy (non-hydrogen) atoms. The van der Waals surface area contributed by atoms with Gasteiger partial charge in [-0.3, -0.25) is 4.90 Å². The molecular weight excluding hydrogens is 448 g/mol. The Morgan fingerprint density at radius 2 is 1.97 bits per heavy atom. The Morgan fingerprint density at radius 3 is 2.69 bits per heavy atom. The van der Waals surface area contributed by atoms with Crippen LogP contribution in [0.4, 0.5) is 14.5 Å². The molecular formula is C23H27F2N5S2. The van der Waals surface area contributed by atoms with Crippen molar-refractivity contribution in [2.45, 2.75) is 62.8 Å². The summed E-state index contributed by atoms with van der Waals surface area (Å²) >= 11 is 2.78. The summed E-state index contributed by atoms with van der Waals surface area (Å²) in [4.78, 5) is 6.94. The van der Waals surface area contributed by atoms with Gasteiger partial charge in [0.15, 0.2) is 10.8 Å². The molecule has 0 unspecified atom stereocenters. The number of hydrogen-bond acceptors (Lipinski definition) is 7. The lowest BCUT2D eigenvalue weighted by Gasteiger charge is -2.23. The Kier molecular flexibility index (Phi) is 6.48. The first-order valence-electron chi connectivity index (χ1n) is 11.0. The van der Waals surface area contributed by atoms with Crippen LogP contribution in [0.5, 0.6) is 0 Å². The van der Waals surface area contributed by atoms with Crippen LogP contribution in [0.2, 0.25) is 0 Å². The Bertz CT molecular complexity index is 1010. The number of anilines is 1. The van der Waals surface area contributed by atoms with Crippen LogP contribution in [0.25, 0.3) is 0 Å². The predicted molar refractivity (Wildman–Crippen MR) is 127 cm³/mol. The van der Waals surface area contributed by atoms with Gasteiger partial charge in [0.1, 0.15) is 11.6 Å². The quantitative estimate of drug-likeness (QED) is 0.460. The lowest BCUT2D eigenvalue weighted by molar-refractivity contribution is 0.243. The lowest BCUT2D eigenvalue weighted by Crippen LogP contribution is -2.28. The number of pyridine rings is 1. The monoisotopic (exact) mass is 475 g/mol. The van der Waals surface area contributed by atoms with E-state index in [0.717, 1.165) is 35.8 Å². The summed E-state index contributed by atoms with van der Waals surface area (Å²) in [6.07, 6.45) is 5.01. The smallest absolute Gasteiger partial charge is 0.159 e. The summed E-state index contributed by atoms with van der Waals surface area (Å²) in [5.41, 5.74) is 2.91. The standard InChI is InChI=1S/C23H27F2N5S2/c1-14-21(9-20(25)23(28-14)32-29-22-12-31-13-27-22)26-10-18-15(3-2-4-19(18)24)11-30-16-5-6-17(30)8-7-16/h2-4,9,12,16-17,26-27,29H,5-8,10-11,13H2,1H3. The zero-order valence-electron chi connectivity index (χ0n) is 18.0. The van der Waals surface area contributed by atoms with Crippen molar-refractivity contribution >= 4 is 29.4 Å². The molecule has 2 bridgehead atoms. The van der Waals surface area contributed by atoms with Crippen molar-refractivity contribution in [2.24, 2.45) is 0 Å². The summed E-state index contributed by atoms with van der Waals surface area (Å²) in [6, 6.07) is 8.01. The van der Waals surface area contributed by atoms with Crippen LogP contribution in [0.3, 0.4) is 0 Å². The number of aryl methyl sites for hydroxylation is 1. The van der Waals surface area contributed by atoms with Crippen molar-refractivity contribution in [1.29, 1.82) is 0 Å². The number of nitrogens with one attached hydrogen (secondary N) is 3. The van der Waals surface area contributed by atoms with Gasteiger partial charge < -0.3 is 15.4 Å². The van der Waals surface area contributed by atoms with E-state index in [1.165, 1.54) is 37.8 Å². The van der Waals surface area contributed by atoms with Gasteiger partial charge >= 0.3 is 0 Å². The number of fused-ring (bicyclic) bond motifs is 2.